The lowest BCUT2D eigenvalue weighted by Crippen LogP contribution is -2.41. The van der Waals surface area contributed by atoms with Gasteiger partial charge in [0.2, 0.25) is 10.0 Å². The number of aromatic carboxylic acids is 1. The first kappa shape index (κ1) is 17.6. The Kier molecular flexibility index (Phi) is 4.63. The Labute approximate surface area is 145 Å². The Bertz CT molecular complexity index is 887. The van der Waals surface area contributed by atoms with E-state index in [0.717, 1.165) is 6.07 Å². The molecule has 1 unspecified atom stereocenters. The minimum atomic E-state index is -3.93. The molecule has 1 aliphatic rings. The van der Waals surface area contributed by atoms with Crippen molar-refractivity contribution in [2.24, 2.45) is 13.0 Å². The molecule has 1 aliphatic carbocycles. The van der Waals surface area contributed by atoms with Crippen molar-refractivity contribution in [3.8, 4) is 0 Å². The topological polar surface area (TPSA) is 122 Å². The predicted octanol–water partition coefficient (Wildman–Crippen LogP) is 0.909. The van der Waals surface area contributed by atoms with Crippen molar-refractivity contribution in [1.29, 1.82) is 0 Å². The van der Waals surface area contributed by atoms with E-state index >= 15 is 0 Å². The fourth-order valence-corrected chi connectivity index (χ4v) is 4.31. The van der Waals surface area contributed by atoms with Crippen LogP contribution in [0, 0.1) is 5.92 Å². The summed E-state index contributed by atoms with van der Waals surface area (Å²) in [6, 6.07) is 4.67. The Morgan fingerprint density at radius 2 is 2.12 bits per heavy atom. The molecule has 0 radical (unpaired) electrons. The van der Waals surface area contributed by atoms with E-state index in [-0.39, 0.29) is 16.4 Å². The minimum absolute atomic E-state index is 0.0448. The number of carboxylic acid groups (broad SMARTS) is 1. The number of aliphatic hydroxyl groups excluding tert-OH is 1. The highest BCUT2D eigenvalue weighted by molar-refractivity contribution is 7.89. The van der Waals surface area contributed by atoms with E-state index in [1.807, 2.05) is 0 Å². The van der Waals surface area contributed by atoms with Crippen LogP contribution < -0.4 is 4.72 Å². The molecule has 1 heterocycles. The monoisotopic (exact) mass is 365 g/mol. The first-order chi connectivity index (χ1) is 11.8. The number of hydrogen-bond donors (Lipinski definition) is 3. The first-order valence-electron chi connectivity index (χ1n) is 7.78. The summed E-state index contributed by atoms with van der Waals surface area (Å²) in [5.74, 6) is -1.24. The molecule has 0 amide bonds. The Morgan fingerprint density at radius 1 is 1.40 bits per heavy atom. The maximum absolute atomic E-state index is 12.7. The third-order valence-electron chi connectivity index (χ3n) is 4.38. The van der Waals surface area contributed by atoms with Gasteiger partial charge >= 0.3 is 5.97 Å². The molecule has 9 heteroatoms. The SMILES string of the molecule is Cn1cc(C(NS(=O)(=O)c2cccc(C(=O)O)c2)C2CC(O)C2)cn1. The number of nitrogens with zero attached hydrogens (tertiary/aromatic N) is 2. The maximum atomic E-state index is 12.7. The third-order valence-corrected chi connectivity index (χ3v) is 5.82. The fraction of sp³-hybridized carbons (Fsp3) is 0.375. The lowest BCUT2D eigenvalue weighted by atomic mass is 9.76. The van der Waals surface area contributed by atoms with Crippen LogP contribution in [0.15, 0.2) is 41.6 Å². The number of carboxylic acids is 1. The number of hydrogen-bond acceptors (Lipinski definition) is 5. The second kappa shape index (κ2) is 6.58. The largest absolute Gasteiger partial charge is 0.478 e. The maximum Gasteiger partial charge on any atom is 0.335 e. The van der Waals surface area contributed by atoms with Crippen LogP contribution in [0.4, 0.5) is 0 Å². The molecule has 1 fully saturated rings. The van der Waals surface area contributed by atoms with Crippen LogP contribution in [0.3, 0.4) is 0 Å². The van der Waals surface area contributed by atoms with Gasteiger partial charge in [-0.15, -0.1) is 0 Å². The molecular weight excluding hydrogens is 346 g/mol. The highest BCUT2D eigenvalue weighted by atomic mass is 32.2. The average molecular weight is 365 g/mol. The van der Waals surface area contributed by atoms with Gasteiger partial charge in [0.05, 0.1) is 28.8 Å². The second-order valence-corrected chi connectivity index (χ2v) is 7.98. The van der Waals surface area contributed by atoms with Gasteiger partial charge in [-0.25, -0.2) is 17.9 Å². The zero-order valence-corrected chi connectivity index (χ0v) is 14.3. The first-order valence-corrected chi connectivity index (χ1v) is 9.27. The molecule has 25 heavy (non-hydrogen) atoms. The van der Waals surface area contributed by atoms with Crippen molar-refractivity contribution in [1.82, 2.24) is 14.5 Å². The summed E-state index contributed by atoms with van der Waals surface area (Å²) in [7, 11) is -2.19. The molecule has 0 bridgehead atoms. The summed E-state index contributed by atoms with van der Waals surface area (Å²) < 4.78 is 29.7. The van der Waals surface area contributed by atoms with Gasteiger partial charge in [0.25, 0.3) is 0 Å². The van der Waals surface area contributed by atoms with Crippen LogP contribution in [0.25, 0.3) is 0 Å². The highest BCUT2D eigenvalue weighted by Gasteiger charge is 2.37. The summed E-state index contributed by atoms with van der Waals surface area (Å²) >= 11 is 0. The average Bonchev–Trinajstić information content (AvgIpc) is 2.96. The second-order valence-electron chi connectivity index (χ2n) is 6.26. The third kappa shape index (κ3) is 3.73. The van der Waals surface area contributed by atoms with Crippen molar-refractivity contribution in [3.63, 3.8) is 0 Å². The van der Waals surface area contributed by atoms with Gasteiger partial charge in [-0.2, -0.15) is 5.10 Å². The summed E-state index contributed by atoms with van der Waals surface area (Å²) in [6.45, 7) is 0. The fourth-order valence-electron chi connectivity index (χ4n) is 2.97. The smallest absolute Gasteiger partial charge is 0.335 e. The van der Waals surface area contributed by atoms with Gasteiger partial charge in [0, 0.05) is 18.8 Å². The van der Waals surface area contributed by atoms with E-state index in [0.29, 0.717) is 18.4 Å². The summed E-state index contributed by atoms with van der Waals surface area (Å²) in [5, 5.41) is 22.7. The molecule has 0 aliphatic heterocycles. The molecule has 8 nitrogen and oxygen atoms in total. The number of sulfonamides is 1. The molecule has 134 valence electrons. The number of aryl methyl sites for hydroxylation is 1. The normalized spacial score (nSPS) is 21.5. The van der Waals surface area contributed by atoms with Crippen molar-refractivity contribution in [2.75, 3.05) is 0 Å². The number of aliphatic hydroxyl groups is 1. The lowest BCUT2D eigenvalue weighted by Gasteiger charge is -2.37. The molecule has 1 saturated carbocycles. The number of rotatable bonds is 6. The number of benzene rings is 1. The molecule has 2 aromatic rings. The molecular formula is C16H19N3O5S. The molecule has 3 N–H and O–H groups in total. The van der Waals surface area contributed by atoms with Gasteiger partial charge in [0.15, 0.2) is 0 Å². The van der Waals surface area contributed by atoms with Crippen molar-refractivity contribution in [2.45, 2.75) is 29.9 Å². The standard InChI is InChI=1S/C16H19N3O5S/c1-19-9-12(8-17-19)15(11-5-13(20)6-11)18-25(23,24)14-4-2-3-10(7-14)16(21)22/h2-4,7-9,11,13,15,18,20H,5-6H2,1H3,(H,21,22). The molecule has 3 rings (SSSR count). The van der Waals surface area contributed by atoms with E-state index in [4.69, 9.17) is 5.11 Å². The van der Waals surface area contributed by atoms with Crippen molar-refractivity contribution >= 4 is 16.0 Å². The van der Waals surface area contributed by atoms with Crippen LogP contribution in [0.1, 0.15) is 34.8 Å². The van der Waals surface area contributed by atoms with Crippen LogP contribution >= 0.6 is 0 Å². The molecule has 0 saturated heterocycles. The summed E-state index contributed by atoms with van der Waals surface area (Å²) in [4.78, 5) is 11.0. The Hall–Kier alpha value is -2.23. The van der Waals surface area contributed by atoms with Gasteiger partial charge in [-0.1, -0.05) is 6.07 Å². The van der Waals surface area contributed by atoms with E-state index in [2.05, 4.69) is 9.82 Å². The van der Waals surface area contributed by atoms with E-state index in [1.165, 1.54) is 18.2 Å². The summed E-state index contributed by atoms with van der Waals surface area (Å²) in [6.07, 6.45) is 3.88. The molecule has 1 aromatic carbocycles. The number of carbonyl (C=O) groups is 1. The number of nitrogens with one attached hydrogen (secondary N) is 1. The molecule has 0 spiro atoms. The van der Waals surface area contributed by atoms with Gasteiger partial charge in [-0.3, -0.25) is 4.68 Å². The van der Waals surface area contributed by atoms with Crippen LogP contribution in [0.5, 0.6) is 0 Å². The Balaban J connectivity index is 1.90. The highest BCUT2D eigenvalue weighted by Crippen LogP contribution is 2.38. The Morgan fingerprint density at radius 3 is 2.68 bits per heavy atom. The van der Waals surface area contributed by atoms with Gasteiger partial charge < -0.3 is 10.2 Å². The van der Waals surface area contributed by atoms with Crippen LogP contribution in [-0.4, -0.2) is 40.5 Å². The van der Waals surface area contributed by atoms with Gasteiger partial charge in [-0.05, 0) is 37.0 Å². The molecule has 1 aromatic heterocycles. The summed E-state index contributed by atoms with van der Waals surface area (Å²) in [5.41, 5.74) is 0.609. The van der Waals surface area contributed by atoms with E-state index in [1.54, 1.807) is 24.1 Å². The zero-order chi connectivity index (χ0) is 18.2. The quantitative estimate of drug-likeness (QED) is 0.699. The molecule has 1 atom stereocenters. The van der Waals surface area contributed by atoms with Crippen LogP contribution in [0.2, 0.25) is 0 Å². The number of aromatic nitrogens is 2. The van der Waals surface area contributed by atoms with E-state index in [9.17, 15) is 18.3 Å². The van der Waals surface area contributed by atoms with Crippen molar-refractivity contribution < 1.29 is 23.4 Å². The van der Waals surface area contributed by atoms with Crippen LogP contribution in [-0.2, 0) is 17.1 Å². The van der Waals surface area contributed by atoms with E-state index < -0.39 is 28.1 Å². The predicted molar refractivity (Wildman–Crippen MR) is 88.4 cm³/mol. The minimum Gasteiger partial charge on any atom is -0.478 e. The van der Waals surface area contributed by atoms with Gasteiger partial charge in [0.1, 0.15) is 0 Å². The van der Waals surface area contributed by atoms with Crippen molar-refractivity contribution in [3.05, 3.63) is 47.8 Å². The lowest BCUT2D eigenvalue weighted by molar-refractivity contribution is 0.0280. The zero-order valence-electron chi connectivity index (χ0n) is 13.5.